The summed E-state index contributed by atoms with van der Waals surface area (Å²) >= 11 is 1.62. The summed E-state index contributed by atoms with van der Waals surface area (Å²) in [6.07, 6.45) is 7.78. The Bertz CT molecular complexity index is 1450. The average molecular weight is 525 g/mol. The smallest absolute Gasteiger partial charge is 0.252 e. The van der Waals surface area contributed by atoms with Crippen LogP contribution in [-0.4, -0.2) is 59.5 Å². The zero-order valence-electron chi connectivity index (χ0n) is 21.6. The highest BCUT2D eigenvalue weighted by Gasteiger charge is 2.24. The van der Waals surface area contributed by atoms with Gasteiger partial charge in [-0.2, -0.15) is 0 Å². The topological polar surface area (TPSA) is 73.4 Å². The Balaban J connectivity index is 1.17. The summed E-state index contributed by atoms with van der Waals surface area (Å²) in [5.74, 6) is 0.791. The molecule has 8 heteroatoms. The van der Waals surface area contributed by atoms with Crippen LogP contribution in [0.4, 0.5) is 17.2 Å². The van der Waals surface area contributed by atoms with Gasteiger partial charge in [0.05, 0.1) is 10.2 Å². The van der Waals surface area contributed by atoms with Gasteiger partial charge in [-0.15, -0.1) is 11.3 Å². The van der Waals surface area contributed by atoms with Gasteiger partial charge < -0.3 is 20.4 Å². The second kappa shape index (κ2) is 10.9. The Morgan fingerprint density at radius 1 is 1.00 bits per heavy atom. The quantitative estimate of drug-likeness (QED) is 0.311. The highest BCUT2D eigenvalue weighted by Crippen LogP contribution is 2.32. The standard InChI is InChI=1S/C30H32N6OS/c1-2-35-15-17-36(18-16-35)25-13-11-23(12-14-25)33-29-28-27(31-20-32-29)22(19-38-28)8-7-21-5-3-4-6-26(21)30(37)34-24-9-10-24/h3-8,11-14,19-20,24H,2,9-10,15-18H2,1H3,(H,34,37)(H,31,32,33). The van der Waals surface area contributed by atoms with E-state index >= 15 is 0 Å². The first-order valence-corrected chi connectivity index (χ1v) is 14.2. The normalized spacial score (nSPS) is 16.3. The van der Waals surface area contributed by atoms with E-state index in [9.17, 15) is 4.79 Å². The summed E-state index contributed by atoms with van der Waals surface area (Å²) in [5.41, 5.74) is 5.76. The van der Waals surface area contributed by atoms with Crippen LogP contribution in [0.5, 0.6) is 0 Å². The van der Waals surface area contributed by atoms with Crippen molar-refractivity contribution in [3.63, 3.8) is 0 Å². The number of hydrogen-bond acceptors (Lipinski definition) is 7. The molecule has 2 fully saturated rings. The molecule has 3 heterocycles. The second-order valence-corrected chi connectivity index (χ2v) is 10.7. The van der Waals surface area contributed by atoms with Gasteiger partial charge in [0.15, 0.2) is 5.82 Å². The monoisotopic (exact) mass is 524 g/mol. The predicted molar refractivity (Wildman–Crippen MR) is 157 cm³/mol. The largest absolute Gasteiger partial charge is 0.369 e. The predicted octanol–water partition coefficient (Wildman–Crippen LogP) is 5.64. The molecule has 0 unspecified atom stereocenters. The minimum absolute atomic E-state index is 0.00836. The molecule has 38 heavy (non-hydrogen) atoms. The number of piperazine rings is 1. The summed E-state index contributed by atoms with van der Waals surface area (Å²) in [5, 5.41) is 8.66. The first kappa shape index (κ1) is 24.6. The summed E-state index contributed by atoms with van der Waals surface area (Å²) in [6, 6.07) is 16.6. The Morgan fingerprint density at radius 3 is 2.53 bits per heavy atom. The third kappa shape index (κ3) is 5.42. The summed E-state index contributed by atoms with van der Waals surface area (Å²) in [6.45, 7) is 7.70. The Hall–Kier alpha value is -3.75. The fourth-order valence-electron chi connectivity index (χ4n) is 4.81. The zero-order valence-corrected chi connectivity index (χ0v) is 22.4. The molecule has 1 aliphatic heterocycles. The lowest BCUT2D eigenvalue weighted by Crippen LogP contribution is -2.46. The number of nitrogens with zero attached hydrogens (tertiary/aromatic N) is 4. The molecular weight excluding hydrogens is 492 g/mol. The molecule has 2 N–H and O–H groups in total. The molecule has 2 aromatic carbocycles. The van der Waals surface area contributed by atoms with Crippen molar-refractivity contribution in [1.82, 2.24) is 20.2 Å². The van der Waals surface area contributed by atoms with E-state index in [0.717, 1.165) is 78.4 Å². The Kier molecular flexibility index (Phi) is 7.07. The number of likely N-dealkylation sites (N-methyl/N-ethyl adjacent to an activating group) is 1. The third-order valence-corrected chi connectivity index (χ3v) is 8.25. The van der Waals surface area contributed by atoms with Crippen molar-refractivity contribution in [2.75, 3.05) is 42.9 Å². The van der Waals surface area contributed by atoms with Crippen molar-refractivity contribution >= 4 is 56.8 Å². The highest BCUT2D eigenvalue weighted by molar-refractivity contribution is 7.18. The van der Waals surface area contributed by atoms with Crippen LogP contribution >= 0.6 is 11.3 Å². The van der Waals surface area contributed by atoms with E-state index in [0.29, 0.717) is 11.6 Å². The Morgan fingerprint density at radius 2 is 1.76 bits per heavy atom. The van der Waals surface area contributed by atoms with Crippen molar-refractivity contribution in [3.8, 4) is 0 Å². The van der Waals surface area contributed by atoms with E-state index in [1.807, 2.05) is 36.4 Å². The number of aromatic nitrogens is 2. The molecule has 1 amide bonds. The molecular formula is C30H32N6OS. The lowest BCUT2D eigenvalue weighted by Gasteiger charge is -2.35. The van der Waals surface area contributed by atoms with Crippen LogP contribution in [0.25, 0.3) is 22.4 Å². The number of carbonyl (C=O) groups excluding carboxylic acids is 1. The Labute approximate surface area is 227 Å². The minimum atomic E-state index is -0.00836. The van der Waals surface area contributed by atoms with Crippen LogP contribution < -0.4 is 15.5 Å². The molecule has 0 radical (unpaired) electrons. The van der Waals surface area contributed by atoms with Crippen LogP contribution in [0, 0.1) is 0 Å². The van der Waals surface area contributed by atoms with Crippen LogP contribution in [0.15, 0.2) is 60.2 Å². The molecule has 0 bridgehead atoms. The van der Waals surface area contributed by atoms with E-state index in [-0.39, 0.29) is 5.91 Å². The van der Waals surface area contributed by atoms with E-state index in [4.69, 9.17) is 0 Å². The maximum atomic E-state index is 12.7. The van der Waals surface area contributed by atoms with Crippen molar-refractivity contribution < 1.29 is 4.79 Å². The van der Waals surface area contributed by atoms with Crippen LogP contribution in [0.1, 0.15) is 41.3 Å². The number of amides is 1. The number of rotatable bonds is 8. The number of hydrogen-bond donors (Lipinski definition) is 2. The van der Waals surface area contributed by atoms with Gasteiger partial charge in [-0.1, -0.05) is 37.3 Å². The average Bonchev–Trinajstić information content (AvgIpc) is 3.68. The molecule has 2 aromatic heterocycles. The molecule has 1 saturated carbocycles. The van der Waals surface area contributed by atoms with Crippen LogP contribution in [-0.2, 0) is 0 Å². The third-order valence-electron chi connectivity index (χ3n) is 7.26. The van der Waals surface area contributed by atoms with E-state index in [2.05, 4.69) is 67.0 Å². The van der Waals surface area contributed by atoms with E-state index < -0.39 is 0 Å². The van der Waals surface area contributed by atoms with Gasteiger partial charge in [0.1, 0.15) is 6.33 Å². The van der Waals surface area contributed by atoms with Crippen LogP contribution in [0.2, 0.25) is 0 Å². The van der Waals surface area contributed by atoms with Gasteiger partial charge in [-0.05, 0) is 55.3 Å². The van der Waals surface area contributed by atoms with Gasteiger partial charge in [-0.25, -0.2) is 9.97 Å². The van der Waals surface area contributed by atoms with E-state index in [1.165, 1.54) is 5.69 Å². The van der Waals surface area contributed by atoms with Gasteiger partial charge in [0, 0.05) is 60.1 Å². The number of nitrogens with one attached hydrogen (secondary N) is 2. The minimum Gasteiger partial charge on any atom is -0.369 e. The summed E-state index contributed by atoms with van der Waals surface area (Å²) < 4.78 is 1.01. The molecule has 0 atom stereocenters. The van der Waals surface area contributed by atoms with E-state index in [1.54, 1.807) is 17.7 Å². The molecule has 2 aliphatic rings. The van der Waals surface area contributed by atoms with Crippen molar-refractivity contribution in [1.29, 1.82) is 0 Å². The SMILES string of the molecule is CCN1CCN(c2ccc(Nc3ncnc4c(C=Cc5ccccc5C(=O)NC5CC5)csc34)cc2)CC1. The van der Waals surface area contributed by atoms with Crippen molar-refractivity contribution in [3.05, 3.63) is 76.9 Å². The number of anilines is 3. The fourth-order valence-corrected chi connectivity index (χ4v) is 5.74. The molecule has 0 spiro atoms. The lowest BCUT2D eigenvalue weighted by atomic mass is 10.1. The highest BCUT2D eigenvalue weighted by atomic mass is 32.1. The number of carbonyl (C=O) groups is 1. The molecule has 6 rings (SSSR count). The molecule has 4 aromatic rings. The van der Waals surface area contributed by atoms with Crippen molar-refractivity contribution in [2.45, 2.75) is 25.8 Å². The van der Waals surface area contributed by atoms with Gasteiger partial charge in [-0.3, -0.25) is 4.79 Å². The molecule has 1 saturated heterocycles. The van der Waals surface area contributed by atoms with Gasteiger partial charge >= 0.3 is 0 Å². The summed E-state index contributed by atoms with van der Waals surface area (Å²) in [4.78, 5) is 26.7. The van der Waals surface area contributed by atoms with Gasteiger partial charge in [0.25, 0.3) is 5.91 Å². The van der Waals surface area contributed by atoms with Crippen LogP contribution in [0.3, 0.4) is 0 Å². The molecule has 194 valence electrons. The maximum Gasteiger partial charge on any atom is 0.252 e. The first-order chi connectivity index (χ1) is 18.7. The number of fused-ring (bicyclic) bond motifs is 1. The van der Waals surface area contributed by atoms with Gasteiger partial charge in [0.2, 0.25) is 0 Å². The molecule has 7 nitrogen and oxygen atoms in total. The molecule has 1 aliphatic carbocycles. The number of benzene rings is 2. The fraction of sp³-hybridized carbons (Fsp3) is 0.300. The second-order valence-electron chi connectivity index (χ2n) is 9.85. The maximum absolute atomic E-state index is 12.7. The lowest BCUT2D eigenvalue weighted by molar-refractivity contribution is 0.0951. The summed E-state index contributed by atoms with van der Waals surface area (Å²) in [7, 11) is 0. The first-order valence-electron chi connectivity index (χ1n) is 13.3. The number of thiophene rings is 1. The zero-order chi connectivity index (χ0) is 25.9. The van der Waals surface area contributed by atoms with Crippen molar-refractivity contribution in [2.24, 2.45) is 0 Å².